The molecule has 84 valence electrons. The zero-order valence-electron chi connectivity index (χ0n) is 9.04. The standard InChI is InChI=1S/C12H17BrOS/c1-2-3-4-7-10-15(14)12-9-6-5-8-11(12)13/h5-6,8-9H,2-4,7,10H2,1H3. The van der Waals surface area contributed by atoms with Crippen molar-refractivity contribution in [3.05, 3.63) is 28.7 Å². The lowest BCUT2D eigenvalue weighted by Crippen LogP contribution is -1.98. The SMILES string of the molecule is CCCCCCS(=O)c1ccccc1Br. The highest BCUT2D eigenvalue weighted by Crippen LogP contribution is 2.20. The molecule has 0 heterocycles. The van der Waals surface area contributed by atoms with Crippen LogP contribution < -0.4 is 0 Å². The molecule has 1 atom stereocenters. The molecule has 3 heteroatoms. The average molecular weight is 289 g/mol. The lowest BCUT2D eigenvalue weighted by Gasteiger charge is -2.04. The molecule has 1 rings (SSSR count). The molecule has 0 aliphatic carbocycles. The zero-order chi connectivity index (χ0) is 11.1. The first kappa shape index (κ1) is 12.9. The van der Waals surface area contributed by atoms with E-state index in [2.05, 4.69) is 22.9 Å². The summed E-state index contributed by atoms with van der Waals surface area (Å²) >= 11 is 3.43. The van der Waals surface area contributed by atoms with Crippen molar-refractivity contribution < 1.29 is 4.21 Å². The van der Waals surface area contributed by atoms with Crippen molar-refractivity contribution in [2.24, 2.45) is 0 Å². The Morgan fingerprint density at radius 1 is 1.20 bits per heavy atom. The molecule has 0 spiro atoms. The second-order valence-corrected chi connectivity index (χ2v) is 5.93. The van der Waals surface area contributed by atoms with Crippen LogP contribution in [0.5, 0.6) is 0 Å². The maximum Gasteiger partial charge on any atom is 0.0541 e. The van der Waals surface area contributed by atoms with E-state index >= 15 is 0 Å². The smallest absolute Gasteiger partial charge is 0.0541 e. The van der Waals surface area contributed by atoms with Crippen LogP contribution in [0.3, 0.4) is 0 Å². The van der Waals surface area contributed by atoms with Crippen LogP contribution >= 0.6 is 15.9 Å². The summed E-state index contributed by atoms with van der Waals surface area (Å²) in [5.74, 6) is 0.780. The molecule has 15 heavy (non-hydrogen) atoms. The molecular formula is C12H17BrOS. The third-order valence-corrected chi connectivity index (χ3v) is 4.73. The van der Waals surface area contributed by atoms with Crippen LogP contribution in [0.15, 0.2) is 33.6 Å². The van der Waals surface area contributed by atoms with Crippen molar-refractivity contribution in [2.75, 3.05) is 5.75 Å². The van der Waals surface area contributed by atoms with Crippen molar-refractivity contribution >= 4 is 26.7 Å². The van der Waals surface area contributed by atoms with Crippen LogP contribution in [0.4, 0.5) is 0 Å². The lowest BCUT2D eigenvalue weighted by molar-refractivity contribution is 0.668. The summed E-state index contributed by atoms with van der Waals surface area (Å²) in [6, 6.07) is 7.76. The van der Waals surface area contributed by atoms with Gasteiger partial charge in [-0.15, -0.1) is 0 Å². The van der Waals surface area contributed by atoms with Crippen molar-refractivity contribution in [3.63, 3.8) is 0 Å². The topological polar surface area (TPSA) is 17.1 Å². The van der Waals surface area contributed by atoms with Gasteiger partial charge >= 0.3 is 0 Å². The minimum Gasteiger partial charge on any atom is -0.254 e. The third kappa shape index (κ3) is 4.47. The van der Waals surface area contributed by atoms with Crippen LogP contribution in [-0.2, 0) is 10.8 Å². The van der Waals surface area contributed by atoms with Crippen LogP contribution in [-0.4, -0.2) is 9.96 Å². The number of halogens is 1. The minimum atomic E-state index is -0.845. The van der Waals surface area contributed by atoms with E-state index in [1.54, 1.807) is 0 Å². The fourth-order valence-corrected chi connectivity index (χ4v) is 3.43. The third-order valence-electron chi connectivity index (χ3n) is 2.27. The first-order valence-corrected chi connectivity index (χ1v) is 7.49. The van der Waals surface area contributed by atoms with Crippen molar-refractivity contribution in [2.45, 2.75) is 37.5 Å². The van der Waals surface area contributed by atoms with Crippen LogP contribution in [0, 0.1) is 0 Å². The molecule has 0 radical (unpaired) electrons. The molecule has 1 aromatic carbocycles. The predicted octanol–water partition coefficient (Wildman–Crippen LogP) is 4.14. The first-order valence-electron chi connectivity index (χ1n) is 5.38. The number of benzene rings is 1. The number of rotatable bonds is 6. The Kier molecular flexibility index (Phi) is 6.18. The molecule has 0 saturated heterocycles. The monoisotopic (exact) mass is 288 g/mol. The van der Waals surface area contributed by atoms with Gasteiger partial charge in [-0.25, -0.2) is 0 Å². The van der Waals surface area contributed by atoms with E-state index in [-0.39, 0.29) is 0 Å². The van der Waals surface area contributed by atoms with E-state index in [9.17, 15) is 4.21 Å². The Balaban J connectivity index is 2.44. The molecule has 0 aliphatic heterocycles. The van der Waals surface area contributed by atoms with Crippen molar-refractivity contribution in [3.8, 4) is 0 Å². The number of hydrogen-bond acceptors (Lipinski definition) is 1. The van der Waals surface area contributed by atoms with E-state index in [4.69, 9.17) is 0 Å². The molecule has 1 unspecified atom stereocenters. The summed E-state index contributed by atoms with van der Waals surface area (Å²) < 4.78 is 12.9. The fourth-order valence-electron chi connectivity index (χ4n) is 1.40. The highest BCUT2D eigenvalue weighted by Gasteiger charge is 2.06. The van der Waals surface area contributed by atoms with E-state index in [1.165, 1.54) is 19.3 Å². The molecule has 0 aromatic heterocycles. The van der Waals surface area contributed by atoms with E-state index < -0.39 is 10.8 Å². The summed E-state index contributed by atoms with van der Waals surface area (Å²) in [6.45, 7) is 2.19. The van der Waals surface area contributed by atoms with E-state index in [0.717, 1.165) is 21.5 Å². The Labute approximate surface area is 103 Å². The largest absolute Gasteiger partial charge is 0.254 e. The van der Waals surface area contributed by atoms with Gasteiger partial charge in [0.2, 0.25) is 0 Å². The fraction of sp³-hybridized carbons (Fsp3) is 0.500. The molecular weight excluding hydrogens is 272 g/mol. The van der Waals surface area contributed by atoms with Gasteiger partial charge in [-0.3, -0.25) is 4.21 Å². The van der Waals surface area contributed by atoms with Gasteiger partial charge in [-0.05, 0) is 34.5 Å². The Hall–Kier alpha value is -0.150. The highest BCUT2D eigenvalue weighted by atomic mass is 79.9. The number of hydrogen-bond donors (Lipinski definition) is 0. The maximum absolute atomic E-state index is 11.9. The van der Waals surface area contributed by atoms with Gasteiger partial charge in [-0.1, -0.05) is 38.3 Å². The summed E-state index contributed by atoms with van der Waals surface area (Å²) in [6.07, 6.45) is 4.71. The Morgan fingerprint density at radius 2 is 1.93 bits per heavy atom. The molecule has 0 saturated carbocycles. The average Bonchev–Trinajstić information content (AvgIpc) is 2.25. The van der Waals surface area contributed by atoms with Crippen molar-refractivity contribution in [1.82, 2.24) is 0 Å². The highest BCUT2D eigenvalue weighted by molar-refractivity contribution is 9.10. The summed E-state index contributed by atoms with van der Waals surface area (Å²) in [5.41, 5.74) is 0. The molecule has 1 nitrogen and oxygen atoms in total. The van der Waals surface area contributed by atoms with Crippen LogP contribution in [0.25, 0.3) is 0 Å². The second kappa shape index (κ2) is 7.18. The second-order valence-electron chi connectivity index (χ2n) is 3.54. The van der Waals surface area contributed by atoms with Gasteiger partial charge in [0.25, 0.3) is 0 Å². The molecule has 0 bridgehead atoms. The molecule has 0 amide bonds. The summed E-state index contributed by atoms with van der Waals surface area (Å²) in [7, 11) is -0.845. The van der Waals surface area contributed by atoms with E-state index in [0.29, 0.717) is 0 Å². The van der Waals surface area contributed by atoms with Crippen LogP contribution in [0.2, 0.25) is 0 Å². The lowest BCUT2D eigenvalue weighted by atomic mass is 10.2. The van der Waals surface area contributed by atoms with Gasteiger partial charge in [0.05, 0.1) is 15.7 Å². The van der Waals surface area contributed by atoms with E-state index in [1.807, 2.05) is 24.3 Å². The Morgan fingerprint density at radius 3 is 2.60 bits per heavy atom. The van der Waals surface area contributed by atoms with Crippen LogP contribution in [0.1, 0.15) is 32.6 Å². The summed E-state index contributed by atoms with van der Waals surface area (Å²) in [4.78, 5) is 0.925. The van der Waals surface area contributed by atoms with Gasteiger partial charge in [-0.2, -0.15) is 0 Å². The molecule has 0 fully saturated rings. The molecule has 0 N–H and O–H groups in total. The quantitative estimate of drug-likeness (QED) is 0.719. The zero-order valence-corrected chi connectivity index (χ0v) is 11.4. The van der Waals surface area contributed by atoms with Gasteiger partial charge in [0.15, 0.2) is 0 Å². The Bertz CT molecular complexity index is 325. The predicted molar refractivity (Wildman–Crippen MR) is 69.6 cm³/mol. The first-order chi connectivity index (χ1) is 7.25. The summed E-state index contributed by atoms with van der Waals surface area (Å²) in [5, 5.41) is 0. The van der Waals surface area contributed by atoms with Crippen molar-refractivity contribution in [1.29, 1.82) is 0 Å². The minimum absolute atomic E-state index is 0.780. The van der Waals surface area contributed by atoms with Gasteiger partial charge < -0.3 is 0 Å². The molecule has 1 aromatic rings. The van der Waals surface area contributed by atoms with Gasteiger partial charge in [0.1, 0.15) is 0 Å². The normalized spacial score (nSPS) is 12.7. The maximum atomic E-state index is 11.9. The number of unbranched alkanes of at least 4 members (excludes halogenated alkanes) is 3. The van der Waals surface area contributed by atoms with Gasteiger partial charge in [0, 0.05) is 10.2 Å². The molecule has 0 aliphatic rings.